The molecule has 3 N–H and O–H groups in total. The summed E-state index contributed by atoms with van der Waals surface area (Å²) in [7, 11) is 1.49. The molecule has 0 heterocycles. The molecule has 1 aromatic carbocycles. The van der Waals surface area contributed by atoms with E-state index in [0.717, 1.165) is 0 Å². The molecule has 0 saturated heterocycles. The van der Waals surface area contributed by atoms with Crippen molar-refractivity contribution >= 4 is 0 Å². The molecule has 2 atom stereocenters. The average Bonchev–Trinajstić information content (AvgIpc) is 2.29. The quantitative estimate of drug-likeness (QED) is 0.706. The molecule has 0 spiro atoms. The van der Waals surface area contributed by atoms with E-state index in [1.54, 1.807) is 18.2 Å². The molecule has 0 fully saturated rings. The number of aliphatic hydroxyl groups excluding tert-OH is 2. The van der Waals surface area contributed by atoms with Crippen LogP contribution in [0, 0.1) is 0 Å². The van der Waals surface area contributed by atoms with Gasteiger partial charge in [-0.15, -0.1) is 0 Å². The average molecular weight is 226 g/mol. The van der Waals surface area contributed by atoms with Crippen molar-refractivity contribution in [2.45, 2.75) is 25.4 Å². The van der Waals surface area contributed by atoms with Crippen LogP contribution >= 0.6 is 0 Å². The van der Waals surface area contributed by atoms with E-state index in [0.29, 0.717) is 17.7 Å². The molecule has 90 valence electrons. The highest BCUT2D eigenvalue weighted by Gasteiger charge is 2.16. The first-order valence-electron chi connectivity index (χ1n) is 5.25. The predicted octanol–water partition coefficient (Wildman–Crippen LogP) is 1.25. The number of aliphatic hydroxyl groups is 2. The van der Waals surface area contributed by atoms with Crippen LogP contribution < -0.4 is 4.74 Å². The van der Waals surface area contributed by atoms with E-state index in [1.807, 2.05) is 6.92 Å². The SMILES string of the molecule is COc1cccc(C(C)CC(O)CO)c1O. The molecular weight excluding hydrogens is 208 g/mol. The zero-order valence-corrected chi connectivity index (χ0v) is 9.55. The van der Waals surface area contributed by atoms with Gasteiger partial charge in [0.25, 0.3) is 0 Å². The minimum absolute atomic E-state index is 0.0442. The molecule has 0 amide bonds. The number of rotatable bonds is 5. The topological polar surface area (TPSA) is 69.9 Å². The van der Waals surface area contributed by atoms with E-state index in [1.165, 1.54) is 7.11 Å². The van der Waals surface area contributed by atoms with Crippen molar-refractivity contribution in [3.63, 3.8) is 0 Å². The molecule has 0 aliphatic rings. The van der Waals surface area contributed by atoms with E-state index >= 15 is 0 Å². The Balaban J connectivity index is 2.86. The number of methoxy groups -OCH3 is 1. The van der Waals surface area contributed by atoms with E-state index < -0.39 is 6.10 Å². The summed E-state index contributed by atoms with van der Waals surface area (Å²) in [5, 5.41) is 28.0. The highest BCUT2D eigenvalue weighted by molar-refractivity contribution is 5.46. The Bertz CT molecular complexity index is 338. The molecule has 4 nitrogen and oxygen atoms in total. The van der Waals surface area contributed by atoms with Gasteiger partial charge in [0, 0.05) is 5.56 Å². The van der Waals surface area contributed by atoms with Gasteiger partial charge in [0.15, 0.2) is 11.5 Å². The molecule has 0 bridgehead atoms. The summed E-state index contributed by atoms with van der Waals surface area (Å²) in [6, 6.07) is 5.25. The standard InChI is InChI=1S/C12H18O4/c1-8(6-9(14)7-13)10-4-3-5-11(16-2)12(10)15/h3-5,8-9,13-15H,6-7H2,1-2H3. The Morgan fingerprint density at radius 1 is 1.38 bits per heavy atom. The van der Waals surface area contributed by atoms with Crippen molar-refractivity contribution in [2.75, 3.05) is 13.7 Å². The second-order valence-electron chi connectivity index (χ2n) is 3.87. The minimum atomic E-state index is -0.763. The van der Waals surface area contributed by atoms with Crippen LogP contribution in [0.1, 0.15) is 24.8 Å². The first kappa shape index (κ1) is 12.8. The van der Waals surface area contributed by atoms with E-state index in [-0.39, 0.29) is 18.3 Å². The number of phenolic OH excluding ortho intramolecular Hbond substituents is 1. The van der Waals surface area contributed by atoms with Crippen LogP contribution in [0.25, 0.3) is 0 Å². The third kappa shape index (κ3) is 2.87. The first-order valence-corrected chi connectivity index (χ1v) is 5.25. The van der Waals surface area contributed by atoms with Gasteiger partial charge in [-0.1, -0.05) is 19.1 Å². The van der Waals surface area contributed by atoms with Crippen molar-refractivity contribution in [3.8, 4) is 11.5 Å². The molecule has 2 unspecified atom stereocenters. The largest absolute Gasteiger partial charge is 0.504 e. The van der Waals surface area contributed by atoms with Crippen LogP contribution in [0.2, 0.25) is 0 Å². The normalized spacial score (nSPS) is 14.5. The zero-order valence-electron chi connectivity index (χ0n) is 9.55. The lowest BCUT2D eigenvalue weighted by molar-refractivity contribution is 0.0833. The molecule has 0 saturated carbocycles. The molecule has 0 aromatic heterocycles. The summed E-state index contributed by atoms with van der Waals surface area (Å²) in [5.74, 6) is 0.475. The highest BCUT2D eigenvalue weighted by Crippen LogP contribution is 2.35. The van der Waals surface area contributed by atoms with Gasteiger partial charge < -0.3 is 20.1 Å². The maximum absolute atomic E-state index is 9.88. The Morgan fingerprint density at radius 2 is 2.06 bits per heavy atom. The van der Waals surface area contributed by atoms with E-state index in [9.17, 15) is 10.2 Å². The second-order valence-corrected chi connectivity index (χ2v) is 3.87. The first-order chi connectivity index (χ1) is 7.60. The molecule has 0 aliphatic carbocycles. The van der Waals surface area contributed by atoms with Gasteiger partial charge in [-0.25, -0.2) is 0 Å². The fourth-order valence-electron chi connectivity index (χ4n) is 1.71. The number of hydrogen-bond acceptors (Lipinski definition) is 4. The van der Waals surface area contributed by atoms with Crippen LogP contribution in [0.4, 0.5) is 0 Å². The molecule has 16 heavy (non-hydrogen) atoms. The molecule has 0 radical (unpaired) electrons. The van der Waals surface area contributed by atoms with Gasteiger partial charge >= 0.3 is 0 Å². The molecule has 4 heteroatoms. The smallest absolute Gasteiger partial charge is 0.161 e. The molecule has 0 aliphatic heterocycles. The van der Waals surface area contributed by atoms with Crippen LogP contribution in [0.15, 0.2) is 18.2 Å². The van der Waals surface area contributed by atoms with Crippen LogP contribution in [-0.2, 0) is 0 Å². The summed E-state index contributed by atoms with van der Waals surface area (Å²) in [4.78, 5) is 0. The summed E-state index contributed by atoms with van der Waals surface area (Å²) < 4.78 is 5.01. The Hall–Kier alpha value is -1.26. The van der Waals surface area contributed by atoms with Gasteiger partial charge in [-0.2, -0.15) is 0 Å². The van der Waals surface area contributed by atoms with Crippen LogP contribution in [0.3, 0.4) is 0 Å². The summed E-state index contributed by atoms with van der Waals surface area (Å²) >= 11 is 0. The van der Waals surface area contributed by atoms with E-state index in [2.05, 4.69) is 0 Å². The number of benzene rings is 1. The van der Waals surface area contributed by atoms with Crippen molar-refractivity contribution < 1.29 is 20.1 Å². The monoisotopic (exact) mass is 226 g/mol. The Kier molecular flexibility index (Phi) is 4.58. The Labute approximate surface area is 95.1 Å². The third-order valence-electron chi connectivity index (χ3n) is 2.62. The second kappa shape index (κ2) is 5.72. The van der Waals surface area contributed by atoms with E-state index in [4.69, 9.17) is 9.84 Å². The third-order valence-corrected chi connectivity index (χ3v) is 2.62. The summed E-state index contributed by atoms with van der Waals surface area (Å²) in [6.07, 6.45) is -0.363. The number of hydrogen-bond donors (Lipinski definition) is 3. The fourth-order valence-corrected chi connectivity index (χ4v) is 1.71. The lowest BCUT2D eigenvalue weighted by Gasteiger charge is -2.17. The lowest BCUT2D eigenvalue weighted by atomic mass is 9.94. The maximum Gasteiger partial charge on any atom is 0.161 e. The van der Waals surface area contributed by atoms with Gasteiger partial charge in [-0.05, 0) is 18.4 Å². The number of phenols is 1. The Morgan fingerprint density at radius 3 is 2.62 bits per heavy atom. The van der Waals surface area contributed by atoms with Crippen molar-refractivity contribution in [1.82, 2.24) is 0 Å². The molecular formula is C12H18O4. The van der Waals surface area contributed by atoms with Crippen molar-refractivity contribution in [3.05, 3.63) is 23.8 Å². The van der Waals surface area contributed by atoms with Crippen LogP contribution in [-0.4, -0.2) is 35.1 Å². The highest BCUT2D eigenvalue weighted by atomic mass is 16.5. The van der Waals surface area contributed by atoms with Gasteiger partial charge in [0.2, 0.25) is 0 Å². The maximum atomic E-state index is 9.88. The lowest BCUT2D eigenvalue weighted by Crippen LogP contribution is -2.15. The van der Waals surface area contributed by atoms with Gasteiger partial charge in [0.1, 0.15) is 0 Å². The fraction of sp³-hybridized carbons (Fsp3) is 0.500. The molecule has 1 aromatic rings. The summed E-state index contributed by atoms with van der Waals surface area (Å²) in [5.41, 5.74) is 0.715. The number of aromatic hydroxyl groups is 1. The number of ether oxygens (including phenoxy) is 1. The van der Waals surface area contributed by atoms with Crippen molar-refractivity contribution in [2.24, 2.45) is 0 Å². The van der Waals surface area contributed by atoms with Crippen molar-refractivity contribution in [1.29, 1.82) is 0 Å². The van der Waals surface area contributed by atoms with Gasteiger partial charge in [-0.3, -0.25) is 0 Å². The van der Waals surface area contributed by atoms with Crippen LogP contribution in [0.5, 0.6) is 11.5 Å². The zero-order chi connectivity index (χ0) is 12.1. The predicted molar refractivity (Wildman–Crippen MR) is 60.8 cm³/mol. The van der Waals surface area contributed by atoms with Gasteiger partial charge in [0.05, 0.1) is 19.8 Å². The summed E-state index contributed by atoms with van der Waals surface area (Å²) in [6.45, 7) is 1.61. The minimum Gasteiger partial charge on any atom is -0.504 e. The molecule has 1 rings (SSSR count). The number of para-hydroxylation sites is 1.